The maximum atomic E-state index is 13.9. The Bertz CT molecular complexity index is 1030. The minimum atomic E-state index is -0.451. The number of halogens is 1. The van der Waals surface area contributed by atoms with Crippen molar-refractivity contribution in [1.82, 2.24) is 15.0 Å². The highest BCUT2D eigenvalue weighted by Crippen LogP contribution is 2.40. The van der Waals surface area contributed by atoms with Crippen LogP contribution in [0.15, 0.2) is 28.8 Å². The van der Waals surface area contributed by atoms with Gasteiger partial charge < -0.3 is 14.2 Å². The zero-order valence-corrected chi connectivity index (χ0v) is 15.5. The first-order valence-corrected chi connectivity index (χ1v) is 8.82. The van der Waals surface area contributed by atoms with E-state index >= 15 is 0 Å². The second kappa shape index (κ2) is 6.64. The van der Waals surface area contributed by atoms with Crippen molar-refractivity contribution in [2.24, 2.45) is 0 Å². The molecule has 0 bridgehead atoms. The van der Waals surface area contributed by atoms with Gasteiger partial charge in [0.1, 0.15) is 0 Å². The number of hydrogen-bond donors (Lipinski definition) is 0. The molecule has 6 nitrogen and oxygen atoms in total. The molecule has 0 saturated heterocycles. The highest BCUT2D eigenvalue weighted by molar-refractivity contribution is 6.06. The van der Waals surface area contributed by atoms with Crippen LogP contribution in [0, 0.1) is 12.7 Å². The summed E-state index contributed by atoms with van der Waals surface area (Å²) in [6.45, 7) is 2.06. The average Bonchev–Trinajstić information content (AvgIpc) is 3.44. The van der Waals surface area contributed by atoms with Gasteiger partial charge in [0.15, 0.2) is 11.6 Å². The number of nitrogens with zero attached hydrogens (tertiary/aromatic N) is 3. The molecule has 0 radical (unpaired) electrons. The van der Waals surface area contributed by atoms with Gasteiger partial charge in [0.25, 0.3) is 11.6 Å². The van der Waals surface area contributed by atoms with E-state index in [1.807, 2.05) is 6.07 Å². The normalized spacial score (nSPS) is 13.8. The minimum absolute atomic E-state index is 0.174. The van der Waals surface area contributed by atoms with Crippen LogP contribution < -0.4 is 4.74 Å². The molecule has 140 valence electrons. The smallest absolute Gasteiger partial charge is 0.259 e. The summed E-state index contributed by atoms with van der Waals surface area (Å²) in [5.41, 5.74) is 3.10. The number of ether oxygens (including phenoxy) is 1. The Labute approximate surface area is 155 Å². The number of amides is 1. The fraction of sp³-hybridized carbons (Fsp3) is 0.350. The first kappa shape index (κ1) is 17.5. The van der Waals surface area contributed by atoms with E-state index in [0.29, 0.717) is 33.8 Å². The second-order valence-corrected chi connectivity index (χ2v) is 6.95. The largest absolute Gasteiger partial charge is 0.494 e. The Morgan fingerprint density at radius 3 is 2.81 bits per heavy atom. The maximum absolute atomic E-state index is 13.9. The molecule has 2 heterocycles. The molecule has 1 aliphatic carbocycles. The van der Waals surface area contributed by atoms with Gasteiger partial charge in [-0.2, -0.15) is 0 Å². The molecule has 7 heteroatoms. The lowest BCUT2D eigenvalue weighted by atomic mass is 10.1. The number of aryl methyl sites for hydroxylation is 1. The monoisotopic (exact) mass is 369 g/mol. The van der Waals surface area contributed by atoms with Gasteiger partial charge in [0.2, 0.25) is 0 Å². The first-order valence-electron chi connectivity index (χ1n) is 8.82. The molecule has 0 aliphatic heterocycles. The number of benzene rings is 1. The van der Waals surface area contributed by atoms with Gasteiger partial charge in [-0.25, -0.2) is 9.37 Å². The average molecular weight is 369 g/mol. The van der Waals surface area contributed by atoms with Crippen molar-refractivity contribution in [3.8, 4) is 5.75 Å². The first-order chi connectivity index (χ1) is 13.0. The second-order valence-electron chi connectivity index (χ2n) is 6.95. The highest BCUT2D eigenvalue weighted by Gasteiger charge is 2.29. The lowest BCUT2D eigenvalue weighted by molar-refractivity contribution is 0.0786. The lowest BCUT2D eigenvalue weighted by Crippen LogP contribution is -2.26. The van der Waals surface area contributed by atoms with Crippen molar-refractivity contribution in [1.29, 1.82) is 0 Å². The summed E-state index contributed by atoms with van der Waals surface area (Å²) in [4.78, 5) is 19.2. The van der Waals surface area contributed by atoms with Crippen LogP contribution in [0.5, 0.6) is 5.75 Å². The van der Waals surface area contributed by atoms with Gasteiger partial charge in [0.05, 0.1) is 23.8 Å². The van der Waals surface area contributed by atoms with E-state index < -0.39 is 5.82 Å². The molecule has 1 fully saturated rings. The van der Waals surface area contributed by atoms with Crippen LogP contribution in [0.4, 0.5) is 4.39 Å². The van der Waals surface area contributed by atoms with Gasteiger partial charge in [-0.15, -0.1) is 0 Å². The van der Waals surface area contributed by atoms with Crippen molar-refractivity contribution >= 4 is 17.0 Å². The summed E-state index contributed by atoms with van der Waals surface area (Å²) in [5, 5.41) is 4.60. The predicted octanol–water partition coefficient (Wildman–Crippen LogP) is 3.83. The predicted molar refractivity (Wildman–Crippen MR) is 97.3 cm³/mol. The lowest BCUT2D eigenvalue weighted by Gasteiger charge is -2.18. The molecule has 0 N–H and O–H groups in total. The molecule has 2 aromatic heterocycles. The minimum Gasteiger partial charge on any atom is -0.494 e. The van der Waals surface area contributed by atoms with E-state index in [4.69, 9.17) is 9.26 Å². The maximum Gasteiger partial charge on any atom is 0.259 e. The van der Waals surface area contributed by atoms with Gasteiger partial charge in [-0.1, -0.05) is 11.2 Å². The molecule has 27 heavy (non-hydrogen) atoms. The number of aromatic nitrogens is 2. The number of carbonyl (C=O) groups excluding carboxylic acids is 1. The summed E-state index contributed by atoms with van der Waals surface area (Å²) >= 11 is 0. The summed E-state index contributed by atoms with van der Waals surface area (Å²) in [7, 11) is 3.11. The molecule has 0 unspecified atom stereocenters. The van der Waals surface area contributed by atoms with Crippen LogP contribution in [0.1, 0.15) is 46.1 Å². The Balaban J connectivity index is 1.65. The molecule has 1 aliphatic rings. The summed E-state index contributed by atoms with van der Waals surface area (Å²) < 4.78 is 24.2. The van der Waals surface area contributed by atoms with E-state index in [2.05, 4.69) is 10.1 Å². The Hall–Kier alpha value is -2.96. The van der Waals surface area contributed by atoms with Crippen LogP contribution in [-0.4, -0.2) is 35.1 Å². The molecular weight excluding hydrogens is 349 g/mol. The Morgan fingerprint density at radius 2 is 2.15 bits per heavy atom. The van der Waals surface area contributed by atoms with Crippen molar-refractivity contribution in [2.45, 2.75) is 32.2 Å². The summed E-state index contributed by atoms with van der Waals surface area (Å²) in [6.07, 6.45) is 2.14. The van der Waals surface area contributed by atoms with Crippen LogP contribution in [0.2, 0.25) is 0 Å². The molecular formula is C20H20FN3O3. The fourth-order valence-electron chi connectivity index (χ4n) is 3.23. The molecule has 3 aromatic rings. The zero-order valence-electron chi connectivity index (χ0n) is 15.5. The number of methoxy groups -OCH3 is 1. The highest BCUT2D eigenvalue weighted by atomic mass is 19.1. The van der Waals surface area contributed by atoms with Crippen LogP contribution in [0.3, 0.4) is 0 Å². The topological polar surface area (TPSA) is 68.5 Å². The van der Waals surface area contributed by atoms with Crippen LogP contribution in [-0.2, 0) is 6.54 Å². The fourth-order valence-corrected chi connectivity index (χ4v) is 3.23. The SMILES string of the molecule is COc1ccc(CN(C)C(=O)c2cc(C3CC3)nc3onc(C)c23)cc1F. The quantitative estimate of drug-likeness (QED) is 0.684. The van der Waals surface area contributed by atoms with E-state index in [9.17, 15) is 9.18 Å². The number of hydrogen-bond acceptors (Lipinski definition) is 5. The third-order valence-corrected chi connectivity index (χ3v) is 4.85. The van der Waals surface area contributed by atoms with E-state index in [0.717, 1.165) is 18.5 Å². The van der Waals surface area contributed by atoms with Crippen molar-refractivity contribution < 1.29 is 18.4 Å². The summed E-state index contributed by atoms with van der Waals surface area (Å²) in [6, 6.07) is 6.53. The number of fused-ring (bicyclic) bond motifs is 1. The zero-order chi connectivity index (χ0) is 19.1. The van der Waals surface area contributed by atoms with Gasteiger partial charge in [0, 0.05) is 25.2 Å². The van der Waals surface area contributed by atoms with E-state index in [-0.39, 0.29) is 18.2 Å². The van der Waals surface area contributed by atoms with Crippen LogP contribution >= 0.6 is 0 Å². The molecule has 1 saturated carbocycles. The summed E-state index contributed by atoms with van der Waals surface area (Å²) in [5.74, 6) is -0.0648. The Morgan fingerprint density at radius 1 is 1.37 bits per heavy atom. The third kappa shape index (κ3) is 3.25. The third-order valence-electron chi connectivity index (χ3n) is 4.85. The number of rotatable bonds is 5. The molecule has 1 amide bonds. The standard InChI is InChI=1S/C20H20FN3O3/c1-11-18-14(9-16(13-5-6-13)22-19(18)27-23-11)20(25)24(2)10-12-4-7-17(26-3)15(21)8-12/h4,7-9,13H,5-6,10H2,1-3H3. The van der Waals surface area contributed by atoms with Crippen molar-refractivity contribution in [2.75, 3.05) is 14.2 Å². The van der Waals surface area contributed by atoms with Crippen LogP contribution in [0.25, 0.3) is 11.1 Å². The number of pyridine rings is 1. The van der Waals surface area contributed by atoms with Gasteiger partial charge in [-0.05, 0) is 43.5 Å². The molecule has 0 atom stereocenters. The van der Waals surface area contributed by atoms with Gasteiger partial charge in [-0.3, -0.25) is 4.79 Å². The van der Waals surface area contributed by atoms with Crippen molar-refractivity contribution in [3.05, 3.63) is 52.6 Å². The molecule has 1 aromatic carbocycles. The molecule has 0 spiro atoms. The van der Waals surface area contributed by atoms with Gasteiger partial charge >= 0.3 is 0 Å². The van der Waals surface area contributed by atoms with Crippen molar-refractivity contribution in [3.63, 3.8) is 0 Å². The molecule has 4 rings (SSSR count). The Kier molecular flexibility index (Phi) is 4.30. The number of carbonyl (C=O) groups is 1. The van der Waals surface area contributed by atoms with E-state index in [1.54, 1.807) is 31.0 Å². The van der Waals surface area contributed by atoms with E-state index in [1.165, 1.54) is 13.2 Å².